The molecular weight excluding hydrogens is 424 g/mol. The highest BCUT2D eigenvalue weighted by Crippen LogP contribution is 2.42. The van der Waals surface area contributed by atoms with Gasteiger partial charge >= 0.3 is 0 Å². The number of fused-ring (bicyclic) bond motifs is 1. The first-order valence-corrected chi connectivity index (χ1v) is 11.7. The third kappa shape index (κ3) is 4.77. The number of hydrogen-bond donors (Lipinski definition) is 3. The maximum absolute atomic E-state index is 13.3. The molecule has 2 aromatic carbocycles. The zero-order valence-electron chi connectivity index (χ0n) is 18.5. The van der Waals surface area contributed by atoms with Gasteiger partial charge < -0.3 is 25.3 Å². The van der Waals surface area contributed by atoms with E-state index in [9.17, 15) is 15.0 Å². The van der Waals surface area contributed by atoms with Gasteiger partial charge in [-0.2, -0.15) is 0 Å². The minimum Gasteiger partial charge on any atom is -0.390 e. The van der Waals surface area contributed by atoms with E-state index in [0.29, 0.717) is 11.7 Å². The second-order valence-corrected chi connectivity index (χ2v) is 9.82. The molecule has 0 radical (unpaired) electrons. The summed E-state index contributed by atoms with van der Waals surface area (Å²) in [5.74, 6) is -0.453. The molecule has 5 atom stereocenters. The van der Waals surface area contributed by atoms with Crippen LogP contribution in [0.2, 0.25) is 0 Å². The molecule has 0 bridgehead atoms. The Morgan fingerprint density at radius 3 is 2.44 bits per heavy atom. The van der Waals surface area contributed by atoms with E-state index in [1.807, 2.05) is 73.6 Å². The SMILES string of the molecule is CN(Cc1ccccc1)C(=O)[C@H]1C[C@@H](O)[C@H](O)[C@@H]2N=C(Nc3ccc(N(C)C)cc3)S[C@@H]21. The topological polar surface area (TPSA) is 88.4 Å². The monoisotopic (exact) mass is 454 g/mol. The van der Waals surface area contributed by atoms with Crippen molar-refractivity contribution in [1.29, 1.82) is 0 Å². The molecule has 3 N–H and O–H groups in total. The van der Waals surface area contributed by atoms with Crippen molar-refractivity contribution >= 4 is 34.2 Å². The Morgan fingerprint density at radius 1 is 1.09 bits per heavy atom. The number of nitrogens with one attached hydrogen (secondary N) is 1. The number of thioether (sulfide) groups is 1. The highest BCUT2D eigenvalue weighted by atomic mass is 32.2. The second-order valence-electron chi connectivity index (χ2n) is 8.65. The van der Waals surface area contributed by atoms with E-state index >= 15 is 0 Å². The molecule has 1 fully saturated rings. The lowest BCUT2D eigenvalue weighted by Gasteiger charge is -2.38. The van der Waals surface area contributed by atoms with E-state index in [-0.39, 0.29) is 17.6 Å². The van der Waals surface area contributed by atoms with Crippen LogP contribution < -0.4 is 10.2 Å². The van der Waals surface area contributed by atoms with Crippen LogP contribution in [0, 0.1) is 5.92 Å². The highest BCUT2D eigenvalue weighted by Gasteiger charge is 2.50. The van der Waals surface area contributed by atoms with E-state index in [2.05, 4.69) is 10.3 Å². The summed E-state index contributed by atoms with van der Waals surface area (Å²) < 4.78 is 0. The number of anilines is 2. The van der Waals surface area contributed by atoms with Crippen LogP contribution in [0.5, 0.6) is 0 Å². The number of aliphatic hydroxyl groups excluding tert-OH is 2. The molecular formula is C24H30N4O3S. The fourth-order valence-electron chi connectivity index (χ4n) is 4.28. The van der Waals surface area contributed by atoms with Gasteiger partial charge in [-0.1, -0.05) is 42.1 Å². The summed E-state index contributed by atoms with van der Waals surface area (Å²) in [7, 11) is 5.76. The van der Waals surface area contributed by atoms with Crippen LogP contribution in [-0.4, -0.2) is 70.8 Å². The van der Waals surface area contributed by atoms with Gasteiger partial charge in [-0.05, 0) is 36.2 Å². The Hall–Kier alpha value is -2.55. The number of carbonyl (C=O) groups excluding carboxylic acids is 1. The zero-order valence-corrected chi connectivity index (χ0v) is 19.4. The summed E-state index contributed by atoms with van der Waals surface area (Å²) in [5.41, 5.74) is 3.03. The molecule has 1 heterocycles. The van der Waals surface area contributed by atoms with Crippen LogP contribution in [0.15, 0.2) is 59.6 Å². The van der Waals surface area contributed by atoms with E-state index in [0.717, 1.165) is 16.9 Å². The van der Waals surface area contributed by atoms with Crippen LogP contribution in [0.3, 0.4) is 0 Å². The number of aliphatic imine (C=N–C) groups is 1. The number of rotatable bonds is 5. The largest absolute Gasteiger partial charge is 0.390 e. The molecule has 2 aromatic rings. The number of aliphatic hydroxyl groups is 2. The zero-order chi connectivity index (χ0) is 22.8. The predicted molar refractivity (Wildman–Crippen MR) is 130 cm³/mol. The third-order valence-corrected chi connectivity index (χ3v) is 7.39. The van der Waals surface area contributed by atoms with Crippen molar-refractivity contribution in [3.63, 3.8) is 0 Å². The van der Waals surface area contributed by atoms with Gasteiger partial charge in [-0.3, -0.25) is 9.79 Å². The number of benzene rings is 2. The summed E-state index contributed by atoms with van der Waals surface area (Å²) in [6.45, 7) is 0.501. The Morgan fingerprint density at radius 2 is 1.78 bits per heavy atom. The number of amidine groups is 1. The number of hydrogen-bond acceptors (Lipinski definition) is 7. The van der Waals surface area contributed by atoms with Gasteiger partial charge in [0.25, 0.3) is 0 Å². The Bertz CT molecular complexity index is 967. The molecule has 1 amide bonds. The van der Waals surface area contributed by atoms with Crippen molar-refractivity contribution in [2.75, 3.05) is 31.4 Å². The number of amides is 1. The minimum absolute atomic E-state index is 0.0333. The summed E-state index contributed by atoms with van der Waals surface area (Å²) >= 11 is 1.48. The van der Waals surface area contributed by atoms with Crippen LogP contribution in [0.1, 0.15) is 12.0 Å². The van der Waals surface area contributed by atoms with E-state index < -0.39 is 24.2 Å². The van der Waals surface area contributed by atoms with Crippen LogP contribution in [0.4, 0.5) is 11.4 Å². The molecule has 7 nitrogen and oxygen atoms in total. The lowest BCUT2D eigenvalue weighted by atomic mass is 9.80. The van der Waals surface area contributed by atoms with Crippen LogP contribution in [-0.2, 0) is 11.3 Å². The maximum atomic E-state index is 13.3. The quantitative estimate of drug-likeness (QED) is 0.643. The Kier molecular flexibility index (Phi) is 6.74. The van der Waals surface area contributed by atoms with Crippen molar-refractivity contribution < 1.29 is 15.0 Å². The van der Waals surface area contributed by atoms with E-state index in [1.54, 1.807) is 11.9 Å². The van der Waals surface area contributed by atoms with Crippen LogP contribution in [0.25, 0.3) is 0 Å². The summed E-state index contributed by atoms with van der Waals surface area (Å²) in [5, 5.41) is 24.8. The van der Waals surface area contributed by atoms with Crippen LogP contribution >= 0.6 is 11.8 Å². The fourth-order valence-corrected chi connectivity index (χ4v) is 5.65. The Labute approximate surface area is 193 Å². The molecule has 1 aliphatic heterocycles. The molecule has 0 saturated heterocycles. The lowest BCUT2D eigenvalue weighted by molar-refractivity contribution is -0.139. The average Bonchev–Trinajstić information content (AvgIpc) is 3.20. The standard InChI is InChI=1S/C24H30N4O3S/c1-27(2)17-11-9-16(10-12-17)25-24-26-20-21(30)19(29)13-18(22(20)32-24)23(31)28(3)14-15-7-5-4-6-8-15/h4-12,18-22,29-30H,13-14H2,1-3H3,(H,25,26)/t18-,19+,20-,21-,22+/m0/s1. The van der Waals surface area contributed by atoms with Crippen molar-refractivity contribution in [3.8, 4) is 0 Å². The first-order chi connectivity index (χ1) is 15.3. The summed E-state index contributed by atoms with van der Waals surface area (Å²) in [6, 6.07) is 17.3. The average molecular weight is 455 g/mol. The number of carbonyl (C=O) groups is 1. The van der Waals surface area contributed by atoms with Gasteiger partial charge in [0.05, 0.1) is 18.1 Å². The molecule has 170 valence electrons. The molecule has 4 rings (SSSR count). The maximum Gasteiger partial charge on any atom is 0.227 e. The lowest BCUT2D eigenvalue weighted by Crippen LogP contribution is -2.54. The normalized spacial score (nSPS) is 26.8. The molecule has 8 heteroatoms. The molecule has 32 heavy (non-hydrogen) atoms. The summed E-state index contributed by atoms with van der Waals surface area (Å²) in [6.07, 6.45) is -1.72. The van der Waals surface area contributed by atoms with Gasteiger partial charge in [0.2, 0.25) is 5.91 Å². The third-order valence-electron chi connectivity index (χ3n) is 6.08. The van der Waals surface area contributed by atoms with Crippen molar-refractivity contribution in [3.05, 3.63) is 60.2 Å². The first-order valence-electron chi connectivity index (χ1n) is 10.8. The molecule has 0 unspecified atom stereocenters. The predicted octanol–water partition coefficient (Wildman–Crippen LogP) is 2.40. The smallest absolute Gasteiger partial charge is 0.227 e. The highest BCUT2D eigenvalue weighted by molar-refractivity contribution is 8.15. The number of nitrogens with zero attached hydrogens (tertiary/aromatic N) is 3. The van der Waals surface area contributed by atoms with Gasteiger partial charge in [0.15, 0.2) is 5.17 Å². The van der Waals surface area contributed by atoms with Gasteiger partial charge in [0, 0.05) is 44.3 Å². The van der Waals surface area contributed by atoms with Gasteiger partial charge in [-0.25, -0.2) is 0 Å². The van der Waals surface area contributed by atoms with Crippen molar-refractivity contribution in [1.82, 2.24) is 4.90 Å². The van der Waals surface area contributed by atoms with Crippen molar-refractivity contribution in [2.45, 2.75) is 36.5 Å². The van der Waals surface area contributed by atoms with E-state index in [1.165, 1.54) is 11.8 Å². The van der Waals surface area contributed by atoms with Gasteiger partial charge in [0.1, 0.15) is 6.10 Å². The molecule has 1 saturated carbocycles. The molecule has 0 spiro atoms. The second kappa shape index (κ2) is 9.52. The van der Waals surface area contributed by atoms with Gasteiger partial charge in [-0.15, -0.1) is 0 Å². The molecule has 2 aliphatic rings. The van der Waals surface area contributed by atoms with E-state index in [4.69, 9.17) is 0 Å². The summed E-state index contributed by atoms with van der Waals surface area (Å²) in [4.78, 5) is 21.7. The fraction of sp³-hybridized carbons (Fsp3) is 0.417. The molecule has 1 aliphatic carbocycles. The van der Waals surface area contributed by atoms with Crippen molar-refractivity contribution in [2.24, 2.45) is 10.9 Å². The molecule has 0 aromatic heterocycles. The first kappa shape index (κ1) is 22.6. The minimum atomic E-state index is -0.980. The Balaban J connectivity index is 1.47.